The average Bonchev–Trinajstić information content (AvgIpc) is 2.12. The predicted octanol–water partition coefficient (Wildman–Crippen LogP) is 2.30. The number of hydrogen-bond donors (Lipinski definition) is 1. The van der Waals surface area contributed by atoms with Gasteiger partial charge in [-0.1, -0.05) is 13.8 Å². The van der Waals surface area contributed by atoms with Crippen LogP contribution < -0.4 is 0 Å². The van der Waals surface area contributed by atoms with Gasteiger partial charge in [-0.3, -0.25) is 0 Å². The summed E-state index contributed by atoms with van der Waals surface area (Å²) < 4.78 is 5.45. The summed E-state index contributed by atoms with van der Waals surface area (Å²) in [4.78, 5) is 11.2. The molecule has 1 saturated carbocycles. The molecule has 1 fully saturated rings. The molecule has 0 bridgehead atoms. The molecule has 3 nitrogen and oxygen atoms in total. The van der Waals surface area contributed by atoms with E-state index in [2.05, 4.69) is 13.8 Å². The Morgan fingerprint density at radius 1 is 1.50 bits per heavy atom. The van der Waals surface area contributed by atoms with Crippen molar-refractivity contribution in [1.82, 2.24) is 0 Å². The second-order valence-electron chi connectivity index (χ2n) is 4.43. The first-order valence-corrected chi connectivity index (χ1v) is 5.39. The summed E-state index contributed by atoms with van der Waals surface area (Å²) >= 11 is 0. The molecular weight excluding hydrogens is 180 g/mol. The summed E-state index contributed by atoms with van der Waals surface area (Å²) in [6.07, 6.45) is 2.26. The predicted molar refractivity (Wildman–Crippen MR) is 54.2 cm³/mol. The molecular formula is C11H20O3. The molecule has 0 amide bonds. The standard InChI is InChI=1S/C11H20O3/c1-4-14-11(10(12)13)6-5-8(2)9(3)7-11/h8-9H,4-7H2,1-3H3,(H,12,13). The molecule has 0 radical (unpaired) electrons. The highest BCUT2D eigenvalue weighted by atomic mass is 16.5. The lowest BCUT2D eigenvalue weighted by Gasteiger charge is -2.39. The van der Waals surface area contributed by atoms with Gasteiger partial charge in [-0.2, -0.15) is 0 Å². The Hall–Kier alpha value is -0.570. The van der Waals surface area contributed by atoms with Gasteiger partial charge in [0.25, 0.3) is 0 Å². The van der Waals surface area contributed by atoms with Gasteiger partial charge in [-0.15, -0.1) is 0 Å². The fourth-order valence-corrected chi connectivity index (χ4v) is 2.23. The molecule has 0 aromatic rings. The number of hydrogen-bond acceptors (Lipinski definition) is 2. The molecule has 1 aliphatic carbocycles. The van der Waals surface area contributed by atoms with Gasteiger partial charge in [-0.25, -0.2) is 4.79 Å². The van der Waals surface area contributed by atoms with Crippen LogP contribution in [0.4, 0.5) is 0 Å². The Labute approximate surface area is 85.5 Å². The van der Waals surface area contributed by atoms with E-state index < -0.39 is 11.6 Å². The van der Waals surface area contributed by atoms with Crippen LogP contribution in [0.5, 0.6) is 0 Å². The van der Waals surface area contributed by atoms with Crippen molar-refractivity contribution in [3.63, 3.8) is 0 Å². The van der Waals surface area contributed by atoms with E-state index in [1.165, 1.54) is 0 Å². The normalized spacial score (nSPS) is 38.2. The third kappa shape index (κ3) is 2.08. The van der Waals surface area contributed by atoms with Crippen LogP contribution in [-0.2, 0) is 9.53 Å². The Balaban J connectivity index is 2.74. The zero-order valence-corrected chi connectivity index (χ0v) is 9.25. The fraction of sp³-hybridized carbons (Fsp3) is 0.909. The summed E-state index contributed by atoms with van der Waals surface area (Å²) in [5.41, 5.74) is -0.902. The van der Waals surface area contributed by atoms with Gasteiger partial charge in [0, 0.05) is 6.61 Å². The Morgan fingerprint density at radius 2 is 2.14 bits per heavy atom. The fourth-order valence-electron chi connectivity index (χ4n) is 2.23. The minimum atomic E-state index is -0.902. The van der Waals surface area contributed by atoms with Crippen LogP contribution >= 0.6 is 0 Å². The number of rotatable bonds is 3. The Morgan fingerprint density at radius 3 is 2.57 bits per heavy atom. The zero-order valence-electron chi connectivity index (χ0n) is 9.25. The molecule has 3 unspecified atom stereocenters. The van der Waals surface area contributed by atoms with Gasteiger partial charge in [0.15, 0.2) is 5.60 Å². The maximum absolute atomic E-state index is 11.2. The molecule has 3 atom stereocenters. The number of carboxylic acid groups (broad SMARTS) is 1. The van der Waals surface area contributed by atoms with E-state index >= 15 is 0 Å². The van der Waals surface area contributed by atoms with Gasteiger partial charge >= 0.3 is 5.97 Å². The van der Waals surface area contributed by atoms with Crippen molar-refractivity contribution in [2.45, 2.75) is 45.6 Å². The molecule has 0 spiro atoms. The van der Waals surface area contributed by atoms with Crippen LogP contribution in [0, 0.1) is 11.8 Å². The van der Waals surface area contributed by atoms with Crippen molar-refractivity contribution in [1.29, 1.82) is 0 Å². The molecule has 3 heteroatoms. The second-order valence-corrected chi connectivity index (χ2v) is 4.43. The van der Waals surface area contributed by atoms with E-state index in [1.807, 2.05) is 6.92 Å². The molecule has 1 rings (SSSR count). The topological polar surface area (TPSA) is 46.5 Å². The van der Waals surface area contributed by atoms with E-state index in [-0.39, 0.29) is 0 Å². The maximum atomic E-state index is 11.2. The quantitative estimate of drug-likeness (QED) is 0.760. The molecule has 1 aliphatic rings. The van der Waals surface area contributed by atoms with Gasteiger partial charge in [0.05, 0.1) is 0 Å². The summed E-state index contributed by atoms with van der Waals surface area (Å²) in [5, 5.41) is 9.20. The zero-order chi connectivity index (χ0) is 10.8. The van der Waals surface area contributed by atoms with E-state index in [1.54, 1.807) is 0 Å². The van der Waals surface area contributed by atoms with E-state index in [9.17, 15) is 9.90 Å². The van der Waals surface area contributed by atoms with Crippen molar-refractivity contribution < 1.29 is 14.6 Å². The Bertz CT molecular complexity index is 215. The van der Waals surface area contributed by atoms with Crippen molar-refractivity contribution in [2.75, 3.05) is 6.61 Å². The van der Waals surface area contributed by atoms with Gasteiger partial charge in [0.1, 0.15) is 0 Å². The number of carbonyl (C=O) groups is 1. The van der Waals surface area contributed by atoms with Gasteiger partial charge in [-0.05, 0) is 38.0 Å². The lowest BCUT2D eigenvalue weighted by molar-refractivity contribution is -0.174. The first-order chi connectivity index (χ1) is 6.52. The Kier molecular flexibility index (Phi) is 3.53. The molecule has 0 aromatic carbocycles. The summed E-state index contributed by atoms with van der Waals surface area (Å²) in [5.74, 6) is 0.257. The number of carboxylic acids is 1. The van der Waals surface area contributed by atoms with Crippen molar-refractivity contribution in [3.8, 4) is 0 Å². The lowest BCUT2D eigenvalue weighted by atomic mass is 9.73. The van der Waals surface area contributed by atoms with Crippen LogP contribution in [0.3, 0.4) is 0 Å². The van der Waals surface area contributed by atoms with E-state index in [0.29, 0.717) is 31.3 Å². The smallest absolute Gasteiger partial charge is 0.335 e. The minimum absolute atomic E-state index is 0.436. The highest BCUT2D eigenvalue weighted by molar-refractivity contribution is 5.77. The lowest BCUT2D eigenvalue weighted by Crippen LogP contribution is -2.47. The molecule has 1 N–H and O–H groups in total. The monoisotopic (exact) mass is 200 g/mol. The van der Waals surface area contributed by atoms with Crippen LogP contribution in [0.15, 0.2) is 0 Å². The third-order valence-electron chi connectivity index (χ3n) is 3.44. The van der Waals surface area contributed by atoms with Crippen LogP contribution in [0.2, 0.25) is 0 Å². The third-order valence-corrected chi connectivity index (χ3v) is 3.44. The second kappa shape index (κ2) is 4.30. The van der Waals surface area contributed by atoms with E-state index in [4.69, 9.17) is 4.74 Å². The largest absolute Gasteiger partial charge is 0.479 e. The molecule has 0 heterocycles. The van der Waals surface area contributed by atoms with Crippen molar-refractivity contribution in [2.24, 2.45) is 11.8 Å². The first-order valence-electron chi connectivity index (χ1n) is 5.39. The highest BCUT2D eigenvalue weighted by Gasteiger charge is 2.44. The van der Waals surface area contributed by atoms with Crippen molar-refractivity contribution in [3.05, 3.63) is 0 Å². The number of aliphatic carboxylic acids is 1. The molecule has 82 valence electrons. The first kappa shape index (κ1) is 11.5. The molecule has 0 aliphatic heterocycles. The van der Waals surface area contributed by atoms with Crippen LogP contribution in [0.25, 0.3) is 0 Å². The van der Waals surface area contributed by atoms with Crippen LogP contribution in [0.1, 0.15) is 40.0 Å². The maximum Gasteiger partial charge on any atom is 0.335 e. The molecule has 14 heavy (non-hydrogen) atoms. The summed E-state index contributed by atoms with van der Waals surface area (Å²) in [6.45, 7) is 6.63. The minimum Gasteiger partial charge on any atom is -0.479 e. The molecule has 0 saturated heterocycles. The SMILES string of the molecule is CCOC1(C(=O)O)CCC(C)C(C)C1. The number of ether oxygens (including phenoxy) is 1. The highest BCUT2D eigenvalue weighted by Crippen LogP contribution is 2.38. The average molecular weight is 200 g/mol. The molecule has 0 aromatic heterocycles. The van der Waals surface area contributed by atoms with Gasteiger partial charge < -0.3 is 9.84 Å². The summed E-state index contributed by atoms with van der Waals surface area (Å²) in [7, 11) is 0. The van der Waals surface area contributed by atoms with E-state index in [0.717, 1.165) is 6.42 Å². The van der Waals surface area contributed by atoms with Crippen LogP contribution in [-0.4, -0.2) is 23.3 Å². The summed E-state index contributed by atoms with van der Waals surface area (Å²) in [6, 6.07) is 0. The van der Waals surface area contributed by atoms with Crippen molar-refractivity contribution >= 4 is 5.97 Å². The van der Waals surface area contributed by atoms with Gasteiger partial charge in [0.2, 0.25) is 0 Å².